The SMILES string of the molecule is CCOC(=O)c1scc(OC(F)F)c1OS(=O)(=O)Cl. The van der Waals surface area contributed by atoms with Crippen LogP contribution in [0.4, 0.5) is 8.78 Å². The molecule has 0 atom stereocenters. The van der Waals surface area contributed by atoms with Crippen molar-refractivity contribution in [1.29, 1.82) is 0 Å². The maximum absolute atomic E-state index is 12.1. The normalized spacial score (nSPS) is 11.4. The Kier molecular flexibility index (Phi) is 5.32. The second-order valence-corrected chi connectivity index (χ2v) is 5.80. The lowest BCUT2D eigenvalue weighted by atomic mass is 10.4. The molecule has 1 aromatic rings. The molecule has 11 heteroatoms. The molecule has 0 unspecified atom stereocenters. The number of rotatable bonds is 6. The average molecular weight is 337 g/mol. The van der Waals surface area contributed by atoms with Crippen molar-refractivity contribution >= 4 is 37.3 Å². The van der Waals surface area contributed by atoms with Gasteiger partial charge in [-0.25, -0.2) is 4.79 Å². The molecule has 19 heavy (non-hydrogen) atoms. The van der Waals surface area contributed by atoms with Gasteiger partial charge in [-0.1, -0.05) is 0 Å². The molecule has 1 rings (SSSR count). The van der Waals surface area contributed by atoms with Crippen LogP contribution in [0.2, 0.25) is 0 Å². The molecule has 0 spiro atoms. The Bertz CT molecular complexity index is 556. The van der Waals surface area contributed by atoms with E-state index in [0.29, 0.717) is 11.3 Å². The van der Waals surface area contributed by atoms with Crippen molar-refractivity contribution in [2.45, 2.75) is 13.5 Å². The zero-order valence-corrected chi connectivity index (χ0v) is 11.7. The number of ether oxygens (including phenoxy) is 2. The summed E-state index contributed by atoms with van der Waals surface area (Å²) in [5.41, 5.74) is 0. The van der Waals surface area contributed by atoms with Crippen LogP contribution in [0, 0.1) is 0 Å². The minimum absolute atomic E-state index is 0.00877. The first-order valence-electron chi connectivity index (χ1n) is 4.62. The van der Waals surface area contributed by atoms with Gasteiger partial charge in [0.2, 0.25) is 5.75 Å². The number of hydrogen-bond donors (Lipinski definition) is 0. The first kappa shape index (κ1) is 15.9. The van der Waals surface area contributed by atoms with Crippen LogP contribution in [0.1, 0.15) is 16.6 Å². The second-order valence-electron chi connectivity index (χ2n) is 2.83. The van der Waals surface area contributed by atoms with E-state index >= 15 is 0 Å². The molecule has 0 aliphatic rings. The van der Waals surface area contributed by atoms with Crippen LogP contribution in [0.3, 0.4) is 0 Å². The van der Waals surface area contributed by atoms with Gasteiger partial charge in [-0.3, -0.25) is 0 Å². The van der Waals surface area contributed by atoms with E-state index in [-0.39, 0.29) is 11.5 Å². The number of thiophene rings is 1. The highest BCUT2D eigenvalue weighted by atomic mass is 35.7. The highest BCUT2D eigenvalue weighted by Gasteiger charge is 2.27. The van der Waals surface area contributed by atoms with Crippen molar-refractivity contribution in [2.75, 3.05) is 6.61 Å². The van der Waals surface area contributed by atoms with Gasteiger partial charge in [0.05, 0.1) is 17.3 Å². The maximum atomic E-state index is 12.1. The molecule has 0 saturated carbocycles. The van der Waals surface area contributed by atoms with Gasteiger partial charge < -0.3 is 13.7 Å². The molecular weight excluding hydrogens is 330 g/mol. The number of alkyl halides is 2. The van der Waals surface area contributed by atoms with Crippen molar-refractivity contribution in [3.63, 3.8) is 0 Å². The summed E-state index contributed by atoms with van der Waals surface area (Å²) in [5.74, 6) is -2.28. The van der Waals surface area contributed by atoms with E-state index in [9.17, 15) is 22.0 Å². The summed E-state index contributed by atoms with van der Waals surface area (Å²) in [7, 11) is 0.316. The van der Waals surface area contributed by atoms with Crippen LogP contribution in [0.15, 0.2) is 5.38 Å². The van der Waals surface area contributed by atoms with E-state index in [2.05, 4.69) is 13.7 Å². The summed E-state index contributed by atoms with van der Waals surface area (Å²) < 4.78 is 58.8. The average Bonchev–Trinajstić information content (AvgIpc) is 2.59. The number of carbonyl (C=O) groups excluding carboxylic acids is 1. The van der Waals surface area contributed by atoms with E-state index in [1.165, 1.54) is 6.92 Å². The number of hydrogen-bond acceptors (Lipinski definition) is 7. The number of halogens is 3. The fourth-order valence-corrected chi connectivity index (χ4v) is 2.42. The Morgan fingerprint density at radius 2 is 2.16 bits per heavy atom. The zero-order valence-electron chi connectivity index (χ0n) is 9.26. The Hall–Kier alpha value is -1.13. The Morgan fingerprint density at radius 1 is 1.53 bits per heavy atom. The minimum Gasteiger partial charge on any atom is -0.462 e. The van der Waals surface area contributed by atoms with Crippen molar-refractivity contribution in [3.05, 3.63) is 10.3 Å². The second kappa shape index (κ2) is 6.35. The van der Waals surface area contributed by atoms with Crippen LogP contribution < -0.4 is 8.92 Å². The Morgan fingerprint density at radius 3 is 2.63 bits per heavy atom. The molecular formula is C8H7ClF2O6S2. The number of esters is 1. The van der Waals surface area contributed by atoms with E-state index in [1.54, 1.807) is 0 Å². The highest BCUT2D eigenvalue weighted by molar-refractivity contribution is 8.10. The third-order valence-corrected chi connectivity index (χ3v) is 3.05. The maximum Gasteiger partial charge on any atom is 0.401 e. The molecule has 0 amide bonds. The smallest absolute Gasteiger partial charge is 0.401 e. The lowest BCUT2D eigenvalue weighted by Gasteiger charge is -2.07. The highest BCUT2D eigenvalue weighted by Crippen LogP contribution is 2.40. The molecule has 0 saturated heterocycles. The first-order valence-corrected chi connectivity index (χ1v) is 7.73. The summed E-state index contributed by atoms with van der Waals surface area (Å²) in [6.07, 6.45) is 0. The monoisotopic (exact) mass is 336 g/mol. The summed E-state index contributed by atoms with van der Waals surface area (Å²) in [6.45, 7) is -1.69. The van der Waals surface area contributed by atoms with Crippen LogP contribution in [0.25, 0.3) is 0 Å². The quantitative estimate of drug-likeness (QED) is 0.586. The molecule has 0 bridgehead atoms. The molecule has 108 valence electrons. The predicted molar refractivity (Wildman–Crippen MR) is 62.3 cm³/mol. The largest absolute Gasteiger partial charge is 0.462 e. The molecule has 0 aliphatic heterocycles. The third-order valence-electron chi connectivity index (χ3n) is 1.57. The van der Waals surface area contributed by atoms with Gasteiger partial charge in [0, 0.05) is 5.38 Å². The lowest BCUT2D eigenvalue weighted by molar-refractivity contribution is -0.0504. The van der Waals surface area contributed by atoms with E-state index in [1.807, 2.05) is 0 Å². The minimum atomic E-state index is -4.53. The molecule has 1 heterocycles. The Labute approximate surface area is 115 Å². The first-order chi connectivity index (χ1) is 8.74. The predicted octanol–water partition coefficient (Wildman–Crippen LogP) is 2.39. The molecule has 1 aromatic heterocycles. The molecule has 0 radical (unpaired) electrons. The van der Waals surface area contributed by atoms with Gasteiger partial charge in [-0.05, 0) is 6.92 Å². The van der Waals surface area contributed by atoms with Gasteiger partial charge in [0.25, 0.3) is 0 Å². The molecule has 0 aliphatic carbocycles. The summed E-state index contributed by atoms with van der Waals surface area (Å²) in [6, 6.07) is 0. The van der Waals surface area contributed by atoms with E-state index in [0.717, 1.165) is 5.38 Å². The summed E-state index contributed by atoms with van der Waals surface area (Å²) in [5, 5.41) is 0.982. The van der Waals surface area contributed by atoms with Crippen molar-refractivity contribution in [2.24, 2.45) is 0 Å². The van der Waals surface area contributed by atoms with Crippen molar-refractivity contribution in [1.82, 2.24) is 0 Å². The lowest BCUT2D eigenvalue weighted by Crippen LogP contribution is -2.09. The van der Waals surface area contributed by atoms with Crippen LogP contribution in [-0.4, -0.2) is 27.6 Å². The zero-order chi connectivity index (χ0) is 14.6. The topological polar surface area (TPSA) is 78.9 Å². The van der Waals surface area contributed by atoms with Crippen molar-refractivity contribution < 1.29 is 35.6 Å². The van der Waals surface area contributed by atoms with Crippen LogP contribution >= 0.6 is 22.0 Å². The van der Waals surface area contributed by atoms with Gasteiger partial charge in [-0.15, -0.1) is 11.3 Å². The van der Waals surface area contributed by atoms with Gasteiger partial charge in [-0.2, -0.15) is 17.2 Å². The number of carbonyl (C=O) groups is 1. The molecule has 6 nitrogen and oxygen atoms in total. The molecule has 0 fully saturated rings. The summed E-state index contributed by atoms with van der Waals surface area (Å²) >= 11 is 0.626. The van der Waals surface area contributed by atoms with Crippen LogP contribution in [-0.2, 0) is 14.1 Å². The van der Waals surface area contributed by atoms with Gasteiger partial charge in [0.15, 0.2) is 10.6 Å². The van der Waals surface area contributed by atoms with Gasteiger partial charge in [0.1, 0.15) is 0 Å². The van der Waals surface area contributed by atoms with Gasteiger partial charge >= 0.3 is 21.9 Å². The fourth-order valence-electron chi connectivity index (χ4n) is 1.02. The standard InChI is InChI=1S/C8H7ClF2O6S2/c1-2-15-7(12)6-5(17-19(9,13)14)4(3-18-6)16-8(10)11/h3,8H,2H2,1H3. The van der Waals surface area contributed by atoms with E-state index in [4.69, 9.17) is 10.7 Å². The molecule has 0 aromatic carbocycles. The Balaban J connectivity index is 3.17. The fraction of sp³-hybridized carbons (Fsp3) is 0.375. The van der Waals surface area contributed by atoms with Crippen LogP contribution in [0.5, 0.6) is 11.5 Å². The molecule has 0 N–H and O–H groups in total. The third kappa shape index (κ3) is 4.80. The van der Waals surface area contributed by atoms with E-state index < -0.39 is 33.4 Å². The van der Waals surface area contributed by atoms with Crippen molar-refractivity contribution in [3.8, 4) is 11.5 Å². The summed E-state index contributed by atoms with van der Waals surface area (Å²) in [4.78, 5) is 11.1.